The minimum absolute atomic E-state index is 0.0248. The monoisotopic (exact) mass is 377 g/mol. The van der Waals surface area contributed by atoms with Crippen molar-refractivity contribution in [1.82, 2.24) is 20.4 Å². The Morgan fingerprint density at radius 3 is 2.69 bits per heavy atom. The van der Waals surface area contributed by atoms with Crippen LogP contribution < -0.4 is 10.6 Å². The molecule has 0 amide bonds. The van der Waals surface area contributed by atoms with Crippen LogP contribution in [0.5, 0.6) is 0 Å². The van der Waals surface area contributed by atoms with Gasteiger partial charge in [-0.2, -0.15) is 5.10 Å². The van der Waals surface area contributed by atoms with Crippen molar-refractivity contribution in [3.8, 4) is 5.69 Å². The van der Waals surface area contributed by atoms with Crippen LogP contribution in [0.4, 0.5) is 0 Å². The van der Waals surface area contributed by atoms with Crippen LogP contribution in [0.1, 0.15) is 18.9 Å². The number of nitrogens with zero attached hydrogens (tertiary/aromatic N) is 3. The van der Waals surface area contributed by atoms with Crippen molar-refractivity contribution < 1.29 is 8.42 Å². The van der Waals surface area contributed by atoms with Gasteiger partial charge in [-0.3, -0.25) is 4.99 Å². The molecular formula is C18H27N5O2S. The van der Waals surface area contributed by atoms with Crippen LogP contribution in [-0.4, -0.2) is 55.8 Å². The van der Waals surface area contributed by atoms with Gasteiger partial charge in [0.25, 0.3) is 0 Å². The fourth-order valence-electron chi connectivity index (χ4n) is 2.43. The fourth-order valence-corrected chi connectivity index (χ4v) is 3.21. The third kappa shape index (κ3) is 6.87. The number of aliphatic imine (C=N–C) groups is 1. The number of hydrogen-bond donors (Lipinski definition) is 2. The van der Waals surface area contributed by atoms with Crippen LogP contribution in [0.25, 0.3) is 5.69 Å². The number of nitrogens with one attached hydrogen (secondary N) is 2. The minimum Gasteiger partial charge on any atom is -0.356 e. The van der Waals surface area contributed by atoms with E-state index in [0.29, 0.717) is 18.9 Å². The number of para-hydroxylation sites is 1. The van der Waals surface area contributed by atoms with Crippen molar-refractivity contribution in [2.45, 2.75) is 25.8 Å². The van der Waals surface area contributed by atoms with Crippen molar-refractivity contribution in [2.24, 2.45) is 4.99 Å². The molecule has 1 aromatic carbocycles. The van der Waals surface area contributed by atoms with Crippen molar-refractivity contribution in [3.05, 3.63) is 48.3 Å². The first-order valence-electron chi connectivity index (χ1n) is 8.61. The molecule has 1 heterocycles. The van der Waals surface area contributed by atoms with Crippen LogP contribution >= 0.6 is 0 Å². The van der Waals surface area contributed by atoms with Gasteiger partial charge in [0.05, 0.1) is 17.6 Å². The van der Waals surface area contributed by atoms with Crippen LogP contribution in [0.3, 0.4) is 0 Å². The van der Waals surface area contributed by atoms with E-state index in [1.807, 2.05) is 54.3 Å². The Balaban J connectivity index is 1.78. The van der Waals surface area contributed by atoms with Crippen molar-refractivity contribution in [1.29, 1.82) is 0 Å². The molecule has 0 saturated heterocycles. The predicted molar refractivity (Wildman–Crippen MR) is 106 cm³/mol. The lowest BCUT2D eigenvalue weighted by Gasteiger charge is -2.17. The molecule has 142 valence electrons. The number of guanidine groups is 1. The average molecular weight is 378 g/mol. The molecule has 0 bridgehead atoms. The maximum Gasteiger partial charge on any atom is 0.191 e. The van der Waals surface area contributed by atoms with Gasteiger partial charge in [0.15, 0.2) is 5.96 Å². The maximum absolute atomic E-state index is 11.2. The zero-order valence-electron chi connectivity index (χ0n) is 15.5. The summed E-state index contributed by atoms with van der Waals surface area (Å²) < 4.78 is 24.3. The topological polar surface area (TPSA) is 88.4 Å². The number of rotatable bonds is 8. The summed E-state index contributed by atoms with van der Waals surface area (Å²) in [5, 5.41) is 10.8. The second-order valence-corrected chi connectivity index (χ2v) is 8.60. The van der Waals surface area contributed by atoms with Gasteiger partial charge in [-0.25, -0.2) is 13.1 Å². The number of hydrogen-bond acceptors (Lipinski definition) is 4. The Hall–Kier alpha value is -2.35. The molecule has 0 spiro atoms. The van der Waals surface area contributed by atoms with Crippen molar-refractivity contribution in [3.63, 3.8) is 0 Å². The molecule has 1 unspecified atom stereocenters. The smallest absolute Gasteiger partial charge is 0.191 e. The lowest BCUT2D eigenvalue weighted by Crippen LogP contribution is -2.43. The molecule has 7 nitrogen and oxygen atoms in total. The molecule has 0 radical (unpaired) electrons. The van der Waals surface area contributed by atoms with E-state index in [0.717, 1.165) is 17.7 Å². The Morgan fingerprint density at radius 2 is 2.04 bits per heavy atom. The zero-order chi connectivity index (χ0) is 19.0. The summed E-state index contributed by atoms with van der Waals surface area (Å²) >= 11 is 0. The first-order chi connectivity index (χ1) is 12.4. The van der Waals surface area contributed by atoms with Crippen LogP contribution in [0.15, 0.2) is 47.7 Å². The predicted octanol–water partition coefficient (Wildman–Crippen LogP) is 1.40. The summed E-state index contributed by atoms with van der Waals surface area (Å²) in [6.45, 7) is 2.65. The standard InChI is InChI=1S/C18H27N5O2S/c1-15(10-12-26(3,24)25)22-18(19-2)20-11-9-16-13-21-23(14-16)17-7-5-4-6-8-17/h4-8,13-15H,9-12H2,1-3H3,(H2,19,20,22). The van der Waals surface area contributed by atoms with Gasteiger partial charge >= 0.3 is 0 Å². The summed E-state index contributed by atoms with van der Waals surface area (Å²) in [4.78, 5) is 4.18. The molecule has 1 atom stereocenters. The number of aromatic nitrogens is 2. The van der Waals surface area contributed by atoms with E-state index in [-0.39, 0.29) is 11.8 Å². The third-order valence-corrected chi connectivity index (χ3v) is 4.87. The van der Waals surface area contributed by atoms with E-state index in [9.17, 15) is 8.42 Å². The quantitative estimate of drug-likeness (QED) is 0.536. The first kappa shape index (κ1) is 20.0. The molecular weight excluding hydrogens is 350 g/mol. The normalized spacial score (nSPS) is 13.4. The fraction of sp³-hybridized carbons (Fsp3) is 0.444. The van der Waals surface area contributed by atoms with Gasteiger partial charge < -0.3 is 10.6 Å². The number of sulfone groups is 1. The highest BCUT2D eigenvalue weighted by Crippen LogP contribution is 2.07. The molecule has 0 aliphatic heterocycles. The van der Waals surface area contributed by atoms with E-state index < -0.39 is 9.84 Å². The molecule has 2 rings (SSSR count). The van der Waals surface area contributed by atoms with E-state index >= 15 is 0 Å². The van der Waals surface area contributed by atoms with Crippen molar-refractivity contribution in [2.75, 3.05) is 25.6 Å². The number of benzene rings is 1. The first-order valence-corrected chi connectivity index (χ1v) is 10.7. The molecule has 2 N–H and O–H groups in total. The summed E-state index contributed by atoms with van der Waals surface area (Å²) in [6.07, 6.45) is 6.48. The highest BCUT2D eigenvalue weighted by molar-refractivity contribution is 7.90. The lowest BCUT2D eigenvalue weighted by molar-refractivity contribution is 0.581. The average Bonchev–Trinajstić information content (AvgIpc) is 3.08. The van der Waals surface area contributed by atoms with Gasteiger partial charge in [0.1, 0.15) is 9.84 Å². The highest BCUT2D eigenvalue weighted by atomic mass is 32.2. The highest BCUT2D eigenvalue weighted by Gasteiger charge is 2.09. The molecule has 8 heteroatoms. The molecule has 1 aromatic heterocycles. The van der Waals surface area contributed by atoms with E-state index in [2.05, 4.69) is 20.7 Å². The molecule has 0 aliphatic carbocycles. The Labute approximate surface area is 155 Å². The summed E-state index contributed by atoms with van der Waals surface area (Å²) in [6, 6.07) is 10.00. The Kier molecular flexibility index (Phi) is 7.20. The Bertz CT molecular complexity index is 815. The van der Waals surface area contributed by atoms with Gasteiger partial charge in [-0.15, -0.1) is 0 Å². The summed E-state index contributed by atoms with van der Waals surface area (Å²) in [7, 11) is -1.24. The Morgan fingerprint density at radius 1 is 1.31 bits per heavy atom. The van der Waals surface area contributed by atoms with Gasteiger partial charge in [0, 0.05) is 32.1 Å². The maximum atomic E-state index is 11.2. The zero-order valence-corrected chi connectivity index (χ0v) is 16.3. The molecule has 0 aliphatic rings. The van der Waals surface area contributed by atoms with Crippen LogP contribution in [0, 0.1) is 0 Å². The summed E-state index contributed by atoms with van der Waals surface area (Å²) in [5.41, 5.74) is 2.16. The molecule has 0 saturated carbocycles. The van der Waals surface area contributed by atoms with Gasteiger partial charge in [-0.05, 0) is 37.5 Å². The van der Waals surface area contributed by atoms with Crippen LogP contribution in [0.2, 0.25) is 0 Å². The van der Waals surface area contributed by atoms with Crippen LogP contribution in [-0.2, 0) is 16.3 Å². The van der Waals surface area contributed by atoms with E-state index in [4.69, 9.17) is 0 Å². The van der Waals surface area contributed by atoms with E-state index in [1.54, 1.807) is 7.05 Å². The van der Waals surface area contributed by atoms with E-state index in [1.165, 1.54) is 6.26 Å². The minimum atomic E-state index is -2.94. The molecule has 0 fully saturated rings. The second-order valence-electron chi connectivity index (χ2n) is 6.34. The SMILES string of the molecule is CN=C(NCCc1cnn(-c2ccccc2)c1)NC(C)CCS(C)(=O)=O. The van der Waals surface area contributed by atoms with Crippen molar-refractivity contribution >= 4 is 15.8 Å². The van der Waals surface area contributed by atoms with Gasteiger partial charge in [0.2, 0.25) is 0 Å². The van der Waals surface area contributed by atoms with Gasteiger partial charge in [-0.1, -0.05) is 18.2 Å². The molecule has 26 heavy (non-hydrogen) atoms. The molecule has 2 aromatic rings. The third-order valence-electron chi connectivity index (χ3n) is 3.89. The lowest BCUT2D eigenvalue weighted by atomic mass is 10.2. The second kappa shape index (κ2) is 9.38. The summed E-state index contributed by atoms with van der Waals surface area (Å²) in [5.74, 6) is 0.832. The largest absolute Gasteiger partial charge is 0.356 e.